The van der Waals surface area contributed by atoms with Gasteiger partial charge in [-0.05, 0) is 51.1 Å². The van der Waals surface area contributed by atoms with Crippen molar-refractivity contribution in [3.63, 3.8) is 0 Å². The van der Waals surface area contributed by atoms with Crippen molar-refractivity contribution in [3.05, 3.63) is 0 Å². The zero-order valence-electron chi connectivity index (χ0n) is 14.9. The van der Waals surface area contributed by atoms with Gasteiger partial charge >= 0.3 is 59.1 Å². The fraction of sp³-hybridized carbons (Fsp3) is 1.00. The van der Waals surface area contributed by atoms with Gasteiger partial charge in [0.25, 0.3) is 0 Å². The van der Waals surface area contributed by atoms with Crippen LogP contribution in [0.1, 0.15) is 12.8 Å². The van der Waals surface area contributed by atoms with E-state index < -0.39 is 36.9 Å². The summed E-state index contributed by atoms with van der Waals surface area (Å²) in [6.07, 6.45) is 0.564. The molecule has 0 saturated heterocycles. The minimum absolute atomic E-state index is 0. The van der Waals surface area contributed by atoms with Gasteiger partial charge in [-0.3, -0.25) is 0 Å². The van der Waals surface area contributed by atoms with E-state index in [0.717, 1.165) is 0 Å². The fourth-order valence-electron chi connectivity index (χ4n) is 2.20. The maximum atomic E-state index is 10.6. The molecular formula is C10H24Na2O7S2Si2. The van der Waals surface area contributed by atoms with Crippen molar-refractivity contribution in [1.82, 2.24) is 0 Å². The van der Waals surface area contributed by atoms with Crippen molar-refractivity contribution in [2.75, 3.05) is 11.5 Å². The molecule has 23 heavy (non-hydrogen) atoms. The van der Waals surface area contributed by atoms with Gasteiger partial charge < -0.3 is 13.2 Å². The average molecular weight is 423 g/mol. The van der Waals surface area contributed by atoms with Crippen LogP contribution in [0.3, 0.4) is 0 Å². The average Bonchev–Trinajstić information content (AvgIpc) is 2.09. The summed E-state index contributed by atoms with van der Waals surface area (Å²) in [5, 5.41) is 0. The van der Waals surface area contributed by atoms with Gasteiger partial charge in [0.2, 0.25) is 0 Å². The number of rotatable bonds is 10. The molecule has 0 fully saturated rings. The maximum absolute atomic E-state index is 10.6. The molecule has 0 unspecified atom stereocenters. The topological polar surface area (TPSA) is 124 Å². The van der Waals surface area contributed by atoms with Crippen molar-refractivity contribution in [3.8, 4) is 0 Å². The molecule has 0 aromatic rings. The van der Waals surface area contributed by atoms with Crippen molar-refractivity contribution >= 4 is 36.9 Å². The third-order valence-corrected chi connectivity index (χ3v) is 12.0. The van der Waals surface area contributed by atoms with Gasteiger partial charge in [0, 0.05) is 11.5 Å². The summed E-state index contributed by atoms with van der Waals surface area (Å²) >= 11 is 0. The van der Waals surface area contributed by atoms with Crippen LogP contribution in [-0.4, -0.2) is 54.1 Å². The second-order valence-corrected chi connectivity index (χ2v) is 18.3. The van der Waals surface area contributed by atoms with E-state index in [9.17, 15) is 25.9 Å². The molecule has 7 nitrogen and oxygen atoms in total. The van der Waals surface area contributed by atoms with Crippen LogP contribution < -0.4 is 59.1 Å². The van der Waals surface area contributed by atoms with Crippen LogP contribution in [0.5, 0.6) is 0 Å². The predicted molar refractivity (Wildman–Crippen MR) is 84.0 cm³/mol. The van der Waals surface area contributed by atoms with Crippen molar-refractivity contribution < 1.29 is 89.2 Å². The van der Waals surface area contributed by atoms with Crippen LogP contribution in [0.2, 0.25) is 38.3 Å². The van der Waals surface area contributed by atoms with E-state index in [1.807, 2.05) is 26.2 Å². The molecule has 0 amide bonds. The third-order valence-electron chi connectivity index (χ3n) is 2.90. The summed E-state index contributed by atoms with van der Waals surface area (Å²) in [5.74, 6) is -0.771. The van der Waals surface area contributed by atoms with Gasteiger partial charge in [0.05, 0.1) is 20.2 Å². The molecule has 0 saturated carbocycles. The Labute approximate surface area is 186 Å². The van der Waals surface area contributed by atoms with Crippen LogP contribution in [0.25, 0.3) is 0 Å². The Balaban J connectivity index is -0.00000200. The first-order valence-electron chi connectivity index (χ1n) is 6.69. The van der Waals surface area contributed by atoms with Crippen LogP contribution >= 0.6 is 0 Å². The molecule has 128 valence electrons. The zero-order valence-corrected chi connectivity index (χ0v) is 22.5. The Bertz CT molecular complexity index is 487. The standard InChI is InChI=1S/C10H26O7S2Si2.2Na/c1-20(2,9-5-7-18(11,12)13)17-21(3,4)10-6-8-19(14,15)16;;/h5-10H2,1-4H3,(H,11,12,13)(H,14,15,16);;/q;2*+1/p-2. The van der Waals surface area contributed by atoms with Crippen molar-refractivity contribution in [1.29, 1.82) is 0 Å². The number of hydrogen-bond acceptors (Lipinski definition) is 7. The summed E-state index contributed by atoms with van der Waals surface area (Å²) in [6, 6.07) is 1.12. The smallest absolute Gasteiger partial charge is 0.748 e. The second kappa shape index (κ2) is 11.8. The van der Waals surface area contributed by atoms with Gasteiger partial charge in [-0.2, -0.15) is 0 Å². The van der Waals surface area contributed by atoms with Crippen molar-refractivity contribution in [2.24, 2.45) is 0 Å². The van der Waals surface area contributed by atoms with E-state index in [1.54, 1.807) is 0 Å². The van der Waals surface area contributed by atoms with Crippen LogP contribution in [0.4, 0.5) is 0 Å². The van der Waals surface area contributed by atoms with Crippen molar-refractivity contribution in [2.45, 2.75) is 51.1 Å². The van der Waals surface area contributed by atoms with E-state index >= 15 is 0 Å². The summed E-state index contributed by atoms with van der Waals surface area (Å²) in [4.78, 5) is 0. The maximum Gasteiger partial charge on any atom is 1.00 e. The first-order chi connectivity index (χ1) is 9.12. The van der Waals surface area contributed by atoms with Gasteiger partial charge in [0.15, 0.2) is 16.6 Å². The van der Waals surface area contributed by atoms with E-state index in [4.69, 9.17) is 4.12 Å². The molecule has 0 aliphatic carbocycles. The van der Waals surface area contributed by atoms with Crippen LogP contribution in [0.15, 0.2) is 0 Å². The van der Waals surface area contributed by atoms with Crippen LogP contribution in [-0.2, 0) is 24.4 Å². The largest absolute Gasteiger partial charge is 1.00 e. The molecule has 13 heteroatoms. The molecule has 0 rings (SSSR count). The monoisotopic (exact) mass is 422 g/mol. The SMILES string of the molecule is C[Si](C)(CCCS(=O)(=O)[O-])O[Si](C)(C)CCCS(=O)(=O)[O-].[Na+].[Na+]. The Morgan fingerprint density at radius 3 is 1.22 bits per heavy atom. The predicted octanol–water partition coefficient (Wildman–Crippen LogP) is -4.71. The Morgan fingerprint density at radius 2 is 1.00 bits per heavy atom. The second-order valence-electron chi connectivity index (χ2n) is 6.35. The van der Waals surface area contributed by atoms with Gasteiger partial charge in [-0.1, -0.05) is 0 Å². The minimum atomic E-state index is -4.19. The van der Waals surface area contributed by atoms with Gasteiger partial charge in [0.1, 0.15) is 0 Å². The Hall–Kier alpha value is 2.21. The summed E-state index contributed by atoms with van der Waals surface area (Å²) in [5.41, 5.74) is 0. The summed E-state index contributed by atoms with van der Waals surface area (Å²) in [7, 11) is -12.6. The molecule has 0 aromatic carbocycles. The molecule has 0 aliphatic heterocycles. The molecule has 0 aromatic heterocycles. The summed E-state index contributed by atoms with van der Waals surface area (Å²) in [6.45, 7) is 7.79. The van der Waals surface area contributed by atoms with E-state index in [1.165, 1.54) is 0 Å². The van der Waals surface area contributed by atoms with E-state index in [0.29, 0.717) is 12.1 Å². The van der Waals surface area contributed by atoms with E-state index in [2.05, 4.69) is 0 Å². The Kier molecular flexibility index (Phi) is 15.4. The molecule has 0 spiro atoms. The molecular weight excluding hydrogens is 398 g/mol. The Morgan fingerprint density at radius 1 is 0.739 bits per heavy atom. The van der Waals surface area contributed by atoms with E-state index in [-0.39, 0.29) is 83.5 Å². The van der Waals surface area contributed by atoms with Gasteiger partial charge in [-0.15, -0.1) is 0 Å². The molecule has 0 heterocycles. The molecule has 0 atom stereocenters. The quantitative estimate of drug-likeness (QED) is 0.256. The first-order valence-corrected chi connectivity index (χ1v) is 16.1. The zero-order chi connectivity index (χ0) is 16.9. The first kappa shape index (κ1) is 30.0. The summed E-state index contributed by atoms with van der Waals surface area (Å²) < 4.78 is 69.6. The molecule has 0 aliphatic rings. The number of hydrogen-bond donors (Lipinski definition) is 0. The third kappa shape index (κ3) is 20.4. The van der Waals surface area contributed by atoms with Crippen LogP contribution in [0, 0.1) is 0 Å². The van der Waals surface area contributed by atoms with Gasteiger partial charge in [-0.25, -0.2) is 16.8 Å². The normalized spacial score (nSPS) is 13.1. The molecule has 0 N–H and O–H groups in total. The minimum Gasteiger partial charge on any atom is -0.748 e. The molecule has 0 bridgehead atoms. The molecule has 0 radical (unpaired) electrons. The fourth-order valence-corrected chi connectivity index (χ4v) is 12.6.